The van der Waals surface area contributed by atoms with Gasteiger partial charge in [-0.3, -0.25) is 9.59 Å². The van der Waals surface area contributed by atoms with Gasteiger partial charge in [-0.05, 0) is 50.2 Å². The lowest BCUT2D eigenvalue weighted by Crippen LogP contribution is -3.15. The zero-order chi connectivity index (χ0) is 19.8. The van der Waals surface area contributed by atoms with E-state index in [1.165, 1.54) is 0 Å². The third kappa shape index (κ3) is 5.56. The van der Waals surface area contributed by atoms with E-state index in [9.17, 15) is 9.59 Å². The van der Waals surface area contributed by atoms with E-state index >= 15 is 0 Å². The topological polar surface area (TPSA) is 63.1 Å². The number of para-hydroxylation sites is 1. The molecular weight excluding hydrogens is 342 g/mol. The summed E-state index contributed by atoms with van der Waals surface area (Å²) in [6.45, 7) is 4.58. The molecule has 0 saturated carbocycles. The minimum Gasteiger partial charge on any atom is -0.497 e. The van der Waals surface area contributed by atoms with Crippen LogP contribution in [0.3, 0.4) is 0 Å². The maximum Gasteiger partial charge on any atom is 0.284 e. The van der Waals surface area contributed by atoms with Crippen molar-refractivity contribution in [1.82, 2.24) is 0 Å². The van der Waals surface area contributed by atoms with Crippen LogP contribution in [0.1, 0.15) is 13.8 Å². The van der Waals surface area contributed by atoms with Gasteiger partial charge in [-0.2, -0.15) is 0 Å². The summed E-state index contributed by atoms with van der Waals surface area (Å²) in [5.41, 5.74) is 1.57. The normalized spacial score (nSPS) is 12.7. The van der Waals surface area contributed by atoms with Crippen molar-refractivity contribution < 1.29 is 19.2 Å². The van der Waals surface area contributed by atoms with Crippen LogP contribution in [0.4, 0.5) is 11.4 Å². The number of benzene rings is 2. The lowest BCUT2D eigenvalue weighted by atomic mass is 10.2. The first-order chi connectivity index (χ1) is 13.0. The summed E-state index contributed by atoms with van der Waals surface area (Å²) in [6.07, 6.45) is 0. The van der Waals surface area contributed by atoms with Crippen molar-refractivity contribution in [3.8, 4) is 5.75 Å². The van der Waals surface area contributed by atoms with Gasteiger partial charge in [-0.1, -0.05) is 18.2 Å². The lowest BCUT2D eigenvalue weighted by molar-refractivity contribution is -0.885. The number of nitrogens with zero attached hydrogens (tertiary/aromatic N) is 1. The molecule has 2 atom stereocenters. The molecule has 6 nitrogen and oxygen atoms in total. The highest BCUT2D eigenvalue weighted by molar-refractivity contribution is 5.96. The Bertz CT molecular complexity index is 747. The van der Waals surface area contributed by atoms with Crippen LogP contribution in [0.25, 0.3) is 0 Å². The molecule has 2 aromatic rings. The lowest BCUT2D eigenvalue weighted by Gasteiger charge is -2.27. The van der Waals surface area contributed by atoms with E-state index in [0.717, 1.165) is 16.3 Å². The van der Waals surface area contributed by atoms with E-state index in [0.29, 0.717) is 12.2 Å². The fourth-order valence-electron chi connectivity index (χ4n) is 2.80. The number of ether oxygens (including phenoxy) is 1. The molecule has 2 N–H and O–H groups in total. The first-order valence-corrected chi connectivity index (χ1v) is 9.09. The van der Waals surface area contributed by atoms with Gasteiger partial charge in [0, 0.05) is 17.9 Å². The molecule has 0 aliphatic carbocycles. The molecule has 1 unspecified atom stereocenters. The van der Waals surface area contributed by atoms with Crippen molar-refractivity contribution in [2.75, 3.05) is 37.5 Å². The molecule has 0 bridgehead atoms. The van der Waals surface area contributed by atoms with Crippen molar-refractivity contribution in [2.24, 2.45) is 0 Å². The Hall–Kier alpha value is -2.86. The highest BCUT2D eigenvalue weighted by atomic mass is 16.5. The van der Waals surface area contributed by atoms with Crippen LogP contribution < -0.4 is 19.9 Å². The number of hydrogen-bond donors (Lipinski definition) is 2. The molecule has 0 spiro atoms. The number of amides is 2. The second-order valence-electron chi connectivity index (χ2n) is 6.44. The van der Waals surface area contributed by atoms with Crippen molar-refractivity contribution >= 4 is 23.2 Å². The number of carbonyl (C=O) groups excluding carboxylic acids is 2. The quantitative estimate of drug-likeness (QED) is 0.742. The molecule has 0 radical (unpaired) electrons. The number of hydrogen-bond acceptors (Lipinski definition) is 3. The number of anilines is 2. The summed E-state index contributed by atoms with van der Waals surface area (Å²) < 4.78 is 5.11. The second-order valence-corrected chi connectivity index (χ2v) is 6.44. The fraction of sp³-hybridized carbons (Fsp3) is 0.333. The van der Waals surface area contributed by atoms with Crippen molar-refractivity contribution in [3.63, 3.8) is 0 Å². The third-order valence-electron chi connectivity index (χ3n) is 4.57. The number of carbonyl (C=O) groups is 2. The van der Waals surface area contributed by atoms with Crippen molar-refractivity contribution in [3.05, 3.63) is 54.6 Å². The average molecular weight is 370 g/mol. The van der Waals surface area contributed by atoms with E-state index in [1.807, 2.05) is 51.2 Å². The van der Waals surface area contributed by atoms with Crippen molar-refractivity contribution in [2.45, 2.75) is 19.9 Å². The number of likely N-dealkylation sites (N-methyl/N-ethyl adjacent to an activating group) is 2. The zero-order valence-corrected chi connectivity index (χ0v) is 16.4. The van der Waals surface area contributed by atoms with Crippen LogP contribution in [-0.4, -0.2) is 45.1 Å². The van der Waals surface area contributed by atoms with Crippen LogP contribution in [0.2, 0.25) is 0 Å². The van der Waals surface area contributed by atoms with E-state index in [4.69, 9.17) is 4.74 Å². The van der Waals surface area contributed by atoms with Gasteiger partial charge in [0.05, 0.1) is 14.2 Å². The minimum atomic E-state index is -0.341. The molecule has 2 rings (SSSR count). The summed E-state index contributed by atoms with van der Waals surface area (Å²) in [5, 5.41) is 2.85. The second kappa shape index (κ2) is 9.73. The molecule has 144 valence electrons. The molecule has 2 aromatic carbocycles. The Balaban J connectivity index is 1.95. The minimum absolute atomic E-state index is 0.00144. The Morgan fingerprint density at radius 1 is 1.11 bits per heavy atom. The van der Waals surface area contributed by atoms with Gasteiger partial charge >= 0.3 is 0 Å². The molecular formula is C21H28N3O3+. The number of rotatable bonds is 8. The maximum absolute atomic E-state index is 12.9. The van der Waals surface area contributed by atoms with E-state index in [-0.39, 0.29) is 24.4 Å². The van der Waals surface area contributed by atoms with E-state index in [1.54, 1.807) is 36.3 Å². The predicted molar refractivity (Wildman–Crippen MR) is 107 cm³/mol. The summed E-state index contributed by atoms with van der Waals surface area (Å²) in [5.74, 6) is 0.592. The maximum atomic E-state index is 12.9. The third-order valence-corrected chi connectivity index (χ3v) is 4.57. The van der Waals surface area contributed by atoms with Gasteiger partial charge in [0.1, 0.15) is 5.75 Å². The summed E-state index contributed by atoms with van der Waals surface area (Å²) in [7, 11) is 3.45. The molecule has 0 aromatic heterocycles. The van der Waals surface area contributed by atoms with Gasteiger partial charge in [0.25, 0.3) is 11.8 Å². The standard InChI is InChI=1S/C21H27N3O3/c1-5-24(18-9-7-6-8-10-18)21(26)16(2)23(3)15-20(25)22-17-11-13-19(27-4)14-12-17/h6-14,16H,5,15H2,1-4H3,(H,22,25)/p+1/t16-/m0/s1. The Labute approximate surface area is 160 Å². The smallest absolute Gasteiger partial charge is 0.284 e. The summed E-state index contributed by atoms with van der Waals surface area (Å²) in [6, 6.07) is 16.4. The largest absolute Gasteiger partial charge is 0.497 e. The number of quaternary nitrogens is 1. The van der Waals surface area contributed by atoms with Gasteiger partial charge in [-0.15, -0.1) is 0 Å². The van der Waals surface area contributed by atoms with Crippen LogP contribution in [0.5, 0.6) is 5.75 Å². The van der Waals surface area contributed by atoms with Gasteiger partial charge in [0.2, 0.25) is 0 Å². The molecule has 0 saturated heterocycles. The molecule has 0 fully saturated rings. The SMILES string of the molecule is CCN(C(=O)[C@H](C)[NH+](C)CC(=O)Nc1ccc(OC)cc1)c1ccccc1. The zero-order valence-electron chi connectivity index (χ0n) is 16.4. The summed E-state index contributed by atoms with van der Waals surface area (Å²) >= 11 is 0. The molecule has 6 heteroatoms. The average Bonchev–Trinajstić information content (AvgIpc) is 2.69. The van der Waals surface area contributed by atoms with Crippen molar-refractivity contribution in [1.29, 1.82) is 0 Å². The first-order valence-electron chi connectivity index (χ1n) is 9.09. The molecule has 0 aliphatic heterocycles. The molecule has 0 heterocycles. The van der Waals surface area contributed by atoms with Gasteiger partial charge in [-0.25, -0.2) is 0 Å². The van der Waals surface area contributed by atoms with Gasteiger partial charge < -0.3 is 19.9 Å². The first kappa shape index (κ1) is 20.5. The Kier molecular flexibility index (Phi) is 7.37. The van der Waals surface area contributed by atoms with E-state index in [2.05, 4.69) is 5.32 Å². The highest BCUT2D eigenvalue weighted by Gasteiger charge is 2.28. The monoisotopic (exact) mass is 370 g/mol. The van der Waals surface area contributed by atoms with Crippen LogP contribution in [-0.2, 0) is 9.59 Å². The highest BCUT2D eigenvalue weighted by Crippen LogP contribution is 2.15. The Morgan fingerprint density at radius 2 is 1.74 bits per heavy atom. The van der Waals surface area contributed by atoms with E-state index < -0.39 is 0 Å². The molecule has 27 heavy (non-hydrogen) atoms. The van der Waals surface area contributed by atoms with Crippen LogP contribution >= 0.6 is 0 Å². The number of methoxy groups -OCH3 is 1. The predicted octanol–water partition coefficient (Wildman–Crippen LogP) is 1.59. The molecule has 2 amide bonds. The van der Waals surface area contributed by atoms with Crippen LogP contribution in [0, 0.1) is 0 Å². The molecule has 0 aliphatic rings. The fourth-order valence-corrected chi connectivity index (χ4v) is 2.80. The van der Waals surface area contributed by atoms with Crippen LogP contribution in [0.15, 0.2) is 54.6 Å². The van der Waals surface area contributed by atoms with Gasteiger partial charge in [0.15, 0.2) is 12.6 Å². The number of nitrogens with one attached hydrogen (secondary N) is 2. The summed E-state index contributed by atoms with van der Waals surface area (Å²) in [4.78, 5) is 27.8. The Morgan fingerprint density at radius 3 is 2.30 bits per heavy atom.